The van der Waals surface area contributed by atoms with Crippen LogP contribution in [0.5, 0.6) is 0 Å². The lowest BCUT2D eigenvalue weighted by molar-refractivity contribution is 0.315. The summed E-state index contributed by atoms with van der Waals surface area (Å²) in [6, 6.07) is 3.92. The summed E-state index contributed by atoms with van der Waals surface area (Å²) in [5.41, 5.74) is 3.13. The summed E-state index contributed by atoms with van der Waals surface area (Å²) in [5, 5.41) is 17.9. The van der Waals surface area contributed by atoms with Gasteiger partial charge in [-0.15, -0.1) is 0 Å². The Balaban J connectivity index is 2.99. The molecule has 0 aromatic carbocycles. The third-order valence-electron chi connectivity index (χ3n) is 3.81. The van der Waals surface area contributed by atoms with Crippen molar-refractivity contribution in [3.63, 3.8) is 0 Å². The van der Waals surface area contributed by atoms with E-state index in [1.54, 1.807) is 0 Å². The molecule has 1 rings (SSSR count). The fraction of sp³-hybridized carbons (Fsp3) is 0.529. The number of allylic oxidation sites excluding steroid dienone is 6. The molecule has 0 unspecified atom stereocenters. The predicted octanol–water partition coefficient (Wildman–Crippen LogP) is 4.28. The zero-order chi connectivity index (χ0) is 15.1. The Morgan fingerprint density at radius 2 is 1.70 bits per heavy atom. The summed E-state index contributed by atoms with van der Waals surface area (Å²) in [5.74, 6) is 0.684. The van der Waals surface area contributed by atoms with E-state index in [1.807, 2.05) is 38.1 Å². The first-order chi connectivity index (χ1) is 9.57. The summed E-state index contributed by atoms with van der Waals surface area (Å²) in [6.07, 6.45) is 7.49. The first-order valence-electron chi connectivity index (χ1n) is 7.25. The third-order valence-corrected chi connectivity index (χ3v) is 3.81. The topological polar surface area (TPSA) is 50.8 Å². The molecule has 1 atom stereocenters. The maximum Gasteiger partial charge on any atom is 0.137 e. The fourth-order valence-electron chi connectivity index (χ4n) is 2.60. The number of nitriles is 2. The Morgan fingerprint density at radius 3 is 2.10 bits per heavy atom. The lowest BCUT2D eigenvalue weighted by atomic mass is 9.97. The zero-order valence-corrected chi connectivity index (χ0v) is 12.9. The smallest absolute Gasteiger partial charge is 0.137 e. The zero-order valence-electron chi connectivity index (χ0n) is 12.9. The van der Waals surface area contributed by atoms with Gasteiger partial charge in [0.2, 0.25) is 0 Å². The molecule has 0 radical (unpaired) electrons. The highest BCUT2D eigenvalue weighted by atomic mass is 15.1. The quantitative estimate of drug-likeness (QED) is 0.700. The van der Waals surface area contributed by atoms with Crippen molar-refractivity contribution in [3.05, 3.63) is 34.7 Å². The van der Waals surface area contributed by atoms with E-state index in [1.165, 1.54) is 19.3 Å². The summed E-state index contributed by atoms with van der Waals surface area (Å²) in [4.78, 5) is 2.29. The van der Waals surface area contributed by atoms with Crippen LogP contribution in [0, 0.1) is 28.6 Å². The van der Waals surface area contributed by atoms with Crippen LogP contribution in [0.3, 0.4) is 0 Å². The second-order valence-electron chi connectivity index (χ2n) is 5.30. The molecule has 20 heavy (non-hydrogen) atoms. The average Bonchev–Trinajstić information content (AvgIpc) is 2.43. The van der Waals surface area contributed by atoms with Crippen LogP contribution >= 0.6 is 0 Å². The molecule has 1 aliphatic heterocycles. The van der Waals surface area contributed by atoms with Crippen molar-refractivity contribution in [3.8, 4) is 12.1 Å². The van der Waals surface area contributed by atoms with Gasteiger partial charge in [-0.05, 0) is 38.3 Å². The third kappa shape index (κ3) is 3.75. The van der Waals surface area contributed by atoms with Crippen LogP contribution in [-0.2, 0) is 0 Å². The van der Waals surface area contributed by atoms with Gasteiger partial charge in [0, 0.05) is 23.5 Å². The second kappa shape index (κ2) is 7.56. The highest BCUT2D eigenvalue weighted by Crippen LogP contribution is 2.27. The first kappa shape index (κ1) is 16.1. The molecule has 1 aliphatic rings. The molecule has 1 heterocycles. The van der Waals surface area contributed by atoms with Gasteiger partial charge in [0.25, 0.3) is 0 Å². The molecule has 0 bridgehead atoms. The molecule has 0 fully saturated rings. The Labute approximate surface area is 122 Å². The van der Waals surface area contributed by atoms with Crippen LogP contribution in [0.15, 0.2) is 34.7 Å². The minimum atomic E-state index is 0.184. The standard InChI is InChI=1S/C17H23N3/c1-5-7-15(6-2)12-20-13(3)8-16(9-14(20)4)17(10-18)11-19/h8-9,15H,5-7,12H2,1-4H3/t15-/m1/s1. The largest absolute Gasteiger partial charge is 0.349 e. The number of nitrogens with zero attached hydrogens (tertiary/aromatic N) is 3. The summed E-state index contributed by atoms with van der Waals surface area (Å²) < 4.78 is 0. The Morgan fingerprint density at radius 1 is 1.15 bits per heavy atom. The van der Waals surface area contributed by atoms with Crippen molar-refractivity contribution in [2.45, 2.75) is 47.0 Å². The van der Waals surface area contributed by atoms with Crippen molar-refractivity contribution in [1.29, 1.82) is 10.5 Å². The molecule has 0 aromatic heterocycles. The normalized spacial score (nSPS) is 15.9. The van der Waals surface area contributed by atoms with Crippen molar-refractivity contribution in [1.82, 2.24) is 4.90 Å². The van der Waals surface area contributed by atoms with Crippen LogP contribution in [0.1, 0.15) is 47.0 Å². The molecule has 0 saturated heterocycles. The highest BCUT2D eigenvalue weighted by Gasteiger charge is 2.18. The summed E-state index contributed by atoms with van der Waals surface area (Å²) in [6.45, 7) is 9.55. The number of hydrogen-bond donors (Lipinski definition) is 0. The van der Waals surface area contributed by atoms with Gasteiger partial charge >= 0.3 is 0 Å². The van der Waals surface area contributed by atoms with Crippen molar-refractivity contribution in [2.24, 2.45) is 5.92 Å². The Bertz CT molecular complexity index is 485. The molecular weight excluding hydrogens is 246 g/mol. The maximum atomic E-state index is 8.97. The van der Waals surface area contributed by atoms with Gasteiger partial charge in [-0.1, -0.05) is 26.7 Å². The van der Waals surface area contributed by atoms with Crippen LogP contribution in [0.4, 0.5) is 0 Å². The monoisotopic (exact) mass is 269 g/mol. The molecule has 3 nitrogen and oxygen atoms in total. The van der Waals surface area contributed by atoms with E-state index < -0.39 is 0 Å². The van der Waals surface area contributed by atoms with Gasteiger partial charge in [0.05, 0.1) is 0 Å². The van der Waals surface area contributed by atoms with Gasteiger partial charge in [0.15, 0.2) is 0 Å². The summed E-state index contributed by atoms with van der Waals surface area (Å²) in [7, 11) is 0. The van der Waals surface area contributed by atoms with E-state index in [0.717, 1.165) is 23.5 Å². The van der Waals surface area contributed by atoms with E-state index in [0.29, 0.717) is 5.92 Å². The van der Waals surface area contributed by atoms with Crippen LogP contribution in [-0.4, -0.2) is 11.4 Å². The van der Waals surface area contributed by atoms with Crippen molar-refractivity contribution in [2.75, 3.05) is 6.54 Å². The minimum absolute atomic E-state index is 0.184. The molecule has 0 saturated carbocycles. The van der Waals surface area contributed by atoms with Crippen molar-refractivity contribution >= 4 is 0 Å². The Kier molecular flexibility index (Phi) is 6.07. The second-order valence-corrected chi connectivity index (χ2v) is 5.30. The Hall–Kier alpha value is -2.00. The lowest BCUT2D eigenvalue weighted by Crippen LogP contribution is -2.28. The van der Waals surface area contributed by atoms with Gasteiger partial charge in [0.1, 0.15) is 17.7 Å². The van der Waals surface area contributed by atoms with Crippen molar-refractivity contribution < 1.29 is 0 Å². The van der Waals surface area contributed by atoms with E-state index in [4.69, 9.17) is 10.5 Å². The molecule has 0 amide bonds. The highest BCUT2D eigenvalue weighted by molar-refractivity contribution is 5.53. The average molecular weight is 269 g/mol. The molecule has 0 aliphatic carbocycles. The van der Waals surface area contributed by atoms with Crippen LogP contribution < -0.4 is 0 Å². The SMILES string of the molecule is CCC[C@@H](CC)CN1C(C)=CC(=C(C#N)C#N)C=C1C. The molecular formula is C17H23N3. The van der Waals surface area contributed by atoms with Gasteiger partial charge in [-0.25, -0.2) is 0 Å². The number of rotatable bonds is 5. The van der Waals surface area contributed by atoms with Crippen LogP contribution in [0.25, 0.3) is 0 Å². The molecule has 0 spiro atoms. The molecule has 0 N–H and O–H groups in total. The summed E-state index contributed by atoms with van der Waals surface area (Å²) >= 11 is 0. The van der Waals surface area contributed by atoms with E-state index in [2.05, 4.69) is 18.7 Å². The minimum Gasteiger partial charge on any atom is -0.349 e. The molecule has 0 aromatic rings. The van der Waals surface area contributed by atoms with E-state index >= 15 is 0 Å². The van der Waals surface area contributed by atoms with Gasteiger partial charge in [-0.3, -0.25) is 0 Å². The number of hydrogen-bond acceptors (Lipinski definition) is 3. The molecule has 3 heteroatoms. The van der Waals surface area contributed by atoms with Gasteiger partial charge < -0.3 is 4.90 Å². The van der Waals surface area contributed by atoms with Crippen LogP contribution in [0.2, 0.25) is 0 Å². The lowest BCUT2D eigenvalue weighted by Gasteiger charge is -2.33. The predicted molar refractivity (Wildman–Crippen MR) is 81.2 cm³/mol. The van der Waals surface area contributed by atoms with E-state index in [9.17, 15) is 0 Å². The first-order valence-corrected chi connectivity index (χ1v) is 7.25. The van der Waals surface area contributed by atoms with E-state index in [-0.39, 0.29) is 5.57 Å². The molecule has 106 valence electrons. The maximum absolute atomic E-state index is 8.97. The van der Waals surface area contributed by atoms with Gasteiger partial charge in [-0.2, -0.15) is 10.5 Å². The fourth-order valence-corrected chi connectivity index (χ4v) is 2.60.